The van der Waals surface area contributed by atoms with E-state index in [0.29, 0.717) is 0 Å². The number of hydrogen-bond acceptors (Lipinski definition) is 2. The largest absolute Gasteiger partial charge is 0.265 e. The van der Waals surface area contributed by atoms with Gasteiger partial charge in [0.1, 0.15) is 0 Å². The summed E-state index contributed by atoms with van der Waals surface area (Å²) < 4.78 is 3.08. The van der Waals surface area contributed by atoms with Crippen LogP contribution >= 0.6 is 28.6 Å². The van der Waals surface area contributed by atoms with E-state index in [1.165, 1.54) is 5.69 Å². The quantitative estimate of drug-likeness (QED) is 0.654. The maximum Gasteiger partial charge on any atom is 0.0738 e. The van der Waals surface area contributed by atoms with Gasteiger partial charge < -0.3 is 0 Å². The van der Waals surface area contributed by atoms with Crippen LogP contribution < -0.4 is 0 Å². The van der Waals surface area contributed by atoms with Crippen LogP contribution in [0.15, 0.2) is 16.6 Å². The predicted octanol–water partition coefficient (Wildman–Crippen LogP) is 2.75. The zero-order valence-corrected chi connectivity index (χ0v) is 10.3. The van der Waals surface area contributed by atoms with Crippen LogP contribution in [0, 0.1) is 13.8 Å². The van der Waals surface area contributed by atoms with Crippen molar-refractivity contribution in [1.82, 2.24) is 9.78 Å². The van der Waals surface area contributed by atoms with Crippen LogP contribution in [0.3, 0.4) is 0 Å². The Bertz CT molecular complexity index is 318. The number of hydrogen-bond donors (Lipinski definition) is 1. The Morgan fingerprint density at radius 3 is 2.62 bits per heavy atom. The molecule has 0 atom stereocenters. The summed E-state index contributed by atoms with van der Waals surface area (Å²) in [5, 5.41) is 4.38. The monoisotopic (exact) mass is 260 g/mol. The van der Waals surface area contributed by atoms with E-state index >= 15 is 0 Å². The van der Waals surface area contributed by atoms with E-state index < -0.39 is 0 Å². The highest BCUT2D eigenvalue weighted by molar-refractivity contribution is 9.10. The Kier molecular flexibility index (Phi) is 4.06. The van der Waals surface area contributed by atoms with Crippen molar-refractivity contribution < 1.29 is 0 Å². The first kappa shape index (κ1) is 10.9. The number of rotatable bonds is 3. The first-order valence-corrected chi connectivity index (χ1v) is 5.54. The summed E-state index contributed by atoms with van der Waals surface area (Å²) in [5.41, 5.74) is 2.21. The molecule has 0 bridgehead atoms. The van der Waals surface area contributed by atoms with Gasteiger partial charge in [-0.2, -0.15) is 17.7 Å². The molecular formula is C9H13BrN2S. The Labute approximate surface area is 92.6 Å². The lowest BCUT2D eigenvalue weighted by atomic mass is 10.4. The second-order valence-electron chi connectivity index (χ2n) is 2.82. The summed E-state index contributed by atoms with van der Waals surface area (Å²) in [6, 6.07) is 0. The molecule has 4 heteroatoms. The molecule has 0 aromatic carbocycles. The second kappa shape index (κ2) is 4.86. The Morgan fingerprint density at radius 1 is 1.46 bits per heavy atom. The highest BCUT2D eigenvalue weighted by Gasteiger charge is 2.06. The zero-order valence-electron chi connectivity index (χ0n) is 7.79. The number of aryl methyl sites for hydroxylation is 1. The van der Waals surface area contributed by atoms with Gasteiger partial charge in [-0.25, -0.2) is 0 Å². The first-order valence-electron chi connectivity index (χ1n) is 4.12. The summed E-state index contributed by atoms with van der Waals surface area (Å²) in [6.45, 7) is 4.87. The van der Waals surface area contributed by atoms with Gasteiger partial charge in [-0.3, -0.25) is 4.68 Å². The summed E-state index contributed by atoms with van der Waals surface area (Å²) in [5.74, 6) is 0.778. The first-order chi connectivity index (χ1) is 6.16. The molecule has 0 unspecified atom stereocenters. The van der Waals surface area contributed by atoms with Gasteiger partial charge in [0.2, 0.25) is 0 Å². The second-order valence-corrected chi connectivity index (χ2v) is 3.98. The Balaban J connectivity index is 2.78. The minimum atomic E-state index is 0.778. The highest BCUT2D eigenvalue weighted by Crippen LogP contribution is 2.19. The molecule has 0 aliphatic carbocycles. The van der Waals surface area contributed by atoms with Crippen LogP contribution in [0.4, 0.5) is 0 Å². The molecule has 1 heterocycles. The average Bonchev–Trinajstić information content (AvgIpc) is 2.34. The zero-order chi connectivity index (χ0) is 9.84. The number of allylic oxidation sites excluding steroid dienone is 1. The maximum atomic E-state index is 4.38. The van der Waals surface area contributed by atoms with Crippen LogP contribution in [0.2, 0.25) is 0 Å². The summed E-state index contributed by atoms with van der Waals surface area (Å²) in [7, 11) is 0. The Morgan fingerprint density at radius 2 is 2.15 bits per heavy atom. The molecule has 0 fully saturated rings. The van der Waals surface area contributed by atoms with Crippen LogP contribution in [0.5, 0.6) is 0 Å². The molecular weight excluding hydrogens is 248 g/mol. The van der Waals surface area contributed by atoms with Gasteiger partial charge in [0.15, 0.2) is 0 Å². The molecule has 0 radical (unpaired) electrons. The fourth-order valence-electron chi connectivity index (χ4n) is 1.10. The van der Waals surface area contributed by atoms with Gasteiger partial charge in [0.25, 0.3) is 0 Å². The molecule has 0 aliphatic heterocycles. The van der Waals surface area contributed by atoms with Crippen molar-refractivity contribution in [1.29, 1.82) is 0 Å². The standard InChI is InChI=1S/C9H13BrN2S/c1-7-9(10)8(2)12(11-7)5-3-4-6-13/h3-4,13H,5-6H2,1-2H3. The van der Waals surface area contributed by atoms with Crippen molar-refractivity contribution >= 4 is 28.6 Å². The topological polar surface area (TPSA) is 17.8 Å². The number of nitrogens with zero attached hydrogens (tertiary/aromatic N) is 2. The van der Waals surface area contributed by atoms with Gasteiger partial charge in [0, 0.05) is 5.75 Å². The fourth-order valence-corrected chi connectivity index (χ4v) is 1.53. The van der Waals surface area contributed by atoms with E-state index in [9.17, 15) is 0 Å². The van der Waals surface area contributed by atoms with Crippen molar-refractivity contribution in [2.45, 2.75) is 20.4 Å². The molecule has 1 aromatic heterocycles. The molecule has 0 saturated heterocycles. The molecule has 13 heavy (non-hydrogen) atoms. The van der Waals surface area contributed by atoms with Crippen molar-refractivity contribution in [3.05, 3.63) is 28.0 Å². The van der Waals surface area contributed by atoms with Gasteiger partial charge in [0.05, 0.1) is 22.4 Å². The average molecular weight is 261 g/mol. The Hall–Kier alpha value is -0.220. The third-order valence-corrected chi connectivity index (χ3v) is 3.20. The van der Waals surface area contributed by atoms with Gasteiger partial charge in [-0.1, -0.05) is 12.2 Å². The summed E-state index contributed by atoms with van der Waals surface area (Å²) in [6.07, 6.45) is 4.09. The minimum Gasteiger partial charge on any atom is -0.265 e. The third-order valence-electron chi connectivity index (χ3n) is 1.84. The molecule has 0 spiro atoms. The van der Waals surface area contributed by atoms with Crippen molar-refractivity contribution in [3.63, 3.8) is 0 Å². The normalized spacial score (nSPS) is 11.4. The highest BCUT2D eigenvalue weighted by atomic mass is 79.9. The number of aromatic nitrogens is 2. The van der Waals surface area contributed by atoms with Crippen molar-refractivity contribution in [2.75, 3.05) is 5.75 Å². The smallest absolute Gasteiger partial charge is 0.0738 e. The van der Waals surface area contributed by atoms with E-state index in [1.54, 1.807) is 0 Å². The summed E-state index contributed by atoms with van der Waals surface area (Å²) in [4.78, 5) is 0. The number of thiol groups is 1. The minimum absolute atomic E-state index is 0.778. The molecule has 0 aliphatic rings. The molecule has 1 rings (SSSR count). The van der Waals surface area contributed by atoms with Crippen LogP contribution in [0.25, 0.3) is 0 Å². The maximum absolute atomic E-state index is 4.38. The van der Waals surface area contributed by atoms with Gasteiger partial charge >= 0.3 is 0 Å². The summed E-state index contributed by atoms with van der Waals surface area (Å²) >= 11 is 7.58. The molecule has 0 amide bonds. The number of halogens is 1. The molecule has 1 aromatic rings. The lowest BCUT2D eigenvalue weighted by molar-refractivity contribution is 0.671. The van der Waals surface area contributed by atoms with Crippen molar-refractivity contribution in [2.24, 2.45) is 0 Å². The van der Waals surface area contributed by atoms with Gasteiger partial charge in [-0.15, -0.1) is 0 Å². The van der Waals surface area contributed by atoms with Gasteiger partial charge in [-0.05, 0) is 29.8 Å². The van der Waals surface area contributed by atoms with E-state index in [0.717, 1.165) is 22.5 Å². The van der Waals surface area contributed by atoms with Crippen LogP contribution in [0.1, 0.15) is 11.4 Å². The van der Waals surface area contributed by atoms with Crippen LogP contribution in [-0.2, 0) is 6.54 Å². The van der Waals surface area contributed by atoms with E-state index in [-0.39, 0.29) is 0 Å². The molecule has 72 valence electrons. The lowest BCUT2D eigenvalue weighted by Gasteiger charge is -1.98. The fraction of sp³-hybridized carbons (Fsp3) is 0.444. The third kappa shape index (κ3) is 2.61. The van der Waals surface area contributed by atoms with E-state index in [2.05, 4.69) is 46.7 Å². The molecule has 0 saturated carbocycles. The van der Waals surface area contributed by atoms with Crippen molar-refractivity contribution in [3.8, 4) is 0 Å². The predicted molar refractivity (Wildman–Crippen MR) is 62.4 cm³/mol. The molecule has 2 nitrogen and oxygen atoms in total. The lowest BCUT2D eigenvalue weighted by Crippen LogP contribution is -1.99. The van der Waals surface area contributed by atoms with E-state index in [1.807, 2.05) is 17.7 Å². The SMILES string of the molecule is Cc1nn(CC=CCS)c(C)c1Br. The van der Waals surface area contributed by atoms with E-state index in [4.69, 9.17) is 0 Å². The molecule has 0 N–H and O–H groups in total. The van der Waals surface area contributed by atoms with Crippen LogP contribution in [-0.4, -0.2) is 15.5 Å².